The monoisotopic (exact) mass is 206 g/mol. The summed E-state index contributed by atoms with van der Waals surface area (Å²) < 4.78 is 26.1. The summed E-state index contributed by atoms with van der Waals surface area (Å²) in [5.74, 6) is 2.37. The lowest BCUT2D eigenvalue weighted by molar-refractivity contribution is 0.263. The van der Waals surface area contributed by atoms with Gasteiger partial charge in [0.15, 0.2) is 0 Å². The minimum absolute atomic E-state index is 0.0961. The summed E-state index contributed by atoms with van der Waals surface area (Å²) in [4.78, 5) is 0. The molecule has 1 rings (SSSR count). The first kappa shape index (κ1) is 9.90. The van der Waals surface area contributed by atoms with Crippen LogP contribution in [0.3, 0.4) is 0 Å². The van der Waals surface area contributed by atoms with Gasteiger partial charge in [-0.2, -0.15) is 8.42 Å². The van der Waals surface area contributed by atoms with Crippen LogP contribution in [0.2, 0.25) is 0 Å². The summed E-state index contributed by atoms with van der Waals surface area (Å²) in [7, 11) is -2.63. The van der Waals surface area contributed by atoms with E-state index < -0.39 is 13.9 Å². The highest BCUT2D eigenvalue weighted by Crippen LogP contribution is 2.41. The van der Waals surface area contributed by atoms with Gasteiger partial charge in [-0.1, -0.05) is 5.92 Å². The van der Waals surface area contributed by atoms with Crippen molar-refractivity contribution >= 4 is 19.9 Å². The van der Waals surface area contributed by atoms with Crippen LogP contribution < -0.4 is 0 Å². The highest BCUT2D eigenvalue weighted by atomic mass is 33.2. The Morgan fingerprint density at radius 2 is 2.25 bits per heavy atom. The van der Waals surface area contributed by atoms with Gasteiger partial charge in [0.1, 0.15) is 0 Å². The van der Waals surface area contributed by atoms with E-state index >= 15 is 0 Å². The molecule has 0 spiro atoms. The van der Waals surface area contributed by atoms with Gasteiger partial charge in [-0.25, -0.2) is 0 Å². The largest absolute Gasteiger partial charge is 0.322 e. The maximum atomic E-state index is 11.0. The number of rotatable bonds is 0. The first-order valence-corrected chi connectivity index (χ1v) is 6.18. The first-order chi connectivity index (χ1) is 5.37. The van der Waals surface area contributed by atoms with Crippen molar-refractivity contribution in [1.29, 1.82) is 0 Å². The molecule has 3 nitrogen and oxygen atoms in total. The molecule has 1 fully saturated rings. The van der Waals surface area contributed by atoms with Crippen molar-refractivity contribution in [3.8, 4) is 12.3 Å². The Hall–Kier alpha value is -0.180. The van der Waals surface area contributed by atoms with Crippen LogP contribution >= 0.6 is 10.8 Å². The van der Waals surface area contributed by atoms with Crippen LogP contribution in [0.1, 0.15) is 13.8 Å². The molecular formula is C7H10O3S2. The van der Waals surface area contributed by atoms with E-state index in [0.29, 0.717) is 0 Å². The molecule has 1 heterocycles. The Morgan fingerprint density at radius 1 is 1.67 bits per heavy atom. The highest BCUT2D eigenvalue weighted by molar-refractivity contribution is 8.70. The van der Waals surface area contributed by atoms with Crippen molar-refractivity contribution in [1.82, 2.24) is 0 Å². The lowest BCUT2D eigenvalue weighted by atomic mass is 9.97. The van der Waals surface area contributed by atoms with Crippen molar-refractivity contribution in [3.63, 3.8) is 0 Å². The van der Waals surface area contributed by atoms with E-state index in [0.717, 1.165) is 10.8 Å². The zero-order valence-electron chi connectivity index (χ0n) is 6.90. The molecule has 1 saturated heterocycles. The van der Waals surface area contributed by atoms with Crippen molar-refractivity contribution < 1.29 is 12.6 Å². The SMILES string of the molecule is C#CC1COS(=O)(=O)SC1(C)C. The van der Waals surface area contributed by atoms with Crippen LogP contribution in [0.25, 0.3) is 0 Å². The molecule has 5 heteroatoms. The second-order valence-electron chi connectivity index (χ2n) is 3.10. The minimum atomic E-state index is -3.41. The Labute approximate surface area is 76.4 Å². The van der Waals surface area contributed by atoms with Crippen LogP contribution in [0.4, 0.5) is 0 Å². The van der Waals surface area contributed by atoms with Gasteiger partial charge in [-0.05, 0) is 13.8 Å². The van der Waals surface area contributed by atoms with Gasteiger partial charge in [0.25, 0.3) is 0 Å². The van der Waals surface area contributed by atoms with Crippen molar-refractivity contribution in [2.75, 3.05) is 6.61 Å². The maximum absolute atomic E-state index is 11.0. The third kappa shape index (κ3) is 1.94. The van der Waals surface area contributed by atoms with Crippen molar-refractivity contribution in [2.24, 2.45) is 5.92 Å². The van der Waals surface area contributed by atoms with Crippen LogP contribution in [0, 0.1) is 18.3 Å². The van der Waals surface area contributed by atoms with Crippen LogP contribution in [-0.4, -0.2) is 19.8 Å². The van der Waals surface area contributed by atoms with Gasteiger partial charge < -0.3 is 0 Å². The summed E-state index contributed by atoms with van der Waals surface area (Å²) in [5.41, 5.74) is 0. The molecule has 0 radical (unpaired) electrons. The van der Waals surface area contributed by atoms with E-state index in [1.165, 1.54) is 0 Å². The van der Waals surface area contributed by atoms with E-state index in [1.54, 1.807) is 0 Å². The Morgan fingerprint density at radius 3 is 2.67 bits per heavy atom. The van der Waals surface area contributed by atoms with Crippen molar-refractivity contribution in [2.45, 2.75) is 18.6 Å². The molecule has 68 valence electrons. The molecule has 0 bridgehead atoms. The smallest absolute Gasteiger partial charge is 0.260 e. The Kier molecular flexibility index (Phi) is 2.43. The molecular weight excluding hydrogens is 196 g/mol. The van der Waals surface area contributed by atoms with E-state index in [-0.39, 0.29) is 12.5 Å². The third-order valence-electron chi connectivity index (χ3n) is 1.74. The zero-order valence-corrected chi connectivity index (χ0v) is 8.54. The highest BCUT2D eigenvalue weighted by Gasteiger charge is 2.40. The van der Waals surface area contributed by atoms with E-state index in [4.69, 9.17) is 6.42 Å². The molecule has 1 aliphatic heterocycles. The van der Waals surface area contributed by atoms with Gasteiger partial charge in [0.05, 0.1) is 12.5 Å². The Bertz CT molecular complexity index is 310. The zero-order chi connectivity index (χ0) is 9.41. The summed E-state index contributed by atoms with van der Waals surface area (Å²) in [6, 6.07) is 0. The van der Waals surface area contributed by atoms with Gasteiger partial charge in [0.2, 0.25) is 0 Å². The quantitative estimate of drug-likeness (QED) is 0.438. The number of hydrogen-bond donors (Lipinski definition) is 0. The fraction of sp³-hybridized carbons (Fsp3) is 0.714. The van der Waals surface area contributed by atoms with Gasteiger partial charge in [-0.15, -0.1) is 6.42 Å². The summed E-state index contributed by atoms with van der Waals surface area (Å²) >= 11 is 0. The summed E-state index contributed by atoms with van der Waals surface area (Å²) in [6.45, 7) is 3.71. The van der Waals surface area contributed by atoms with E-state index in [1.807, 2.05) is 13.8 Å². The summed E-state index contributed by atoms with van der Waals surface area (Å²) in [6.07, 6.45) is 5.23. The number of hydrogen-bond acceptors (Lipinski definition) is 4. The van der Waals surface area contributed by atoms with Gasteiger partial charge >= 0.3 is 9.15 Å². The Balaban J connectivity index is 2.90. The predicted molar refractivity (Wildman–Crippen MR) is 48.9 cm³/mol. The molecule has 0 aromatic heterocycles. The van der Waals surface area contributed by atoms with Crippen LogP contribution in [0.5, 0.6) is 0 Å². The maximum Gasteiger partial charge on any atom is 0.322 e. The molecule has 0 aliphatic carbocycles. The van der Waals surface area contributed by atoms with Gasteiger partial charge in [-0.3, -0.25) is 4.18 Å². The molecule has 1 unspecified atom stereocenters. The molecule has 0 saturated carbocycles. The average Bonchev–Trinajstić information content (AvgIpc) is 1.83. The fourth-order valence-corrected chi connectivity index (χ4v) is 4.31. The number of terminal acetylenes is 1. The second kappa shape index (κ2) is 2.95. The third-order valence-corrected chi connectivity index (χ3v) is 5.27. The van der Waals surface area contributed by atoms with Crippen LogP contribution in [0.15, 0.2) is 0 Å². The lowest BCUT2D eigenvalue weighted by Crippen LogP contribution is -2.36. The van der Waals surface area contributed by atoms with Crippen molar-refractivity contribution in [3.05, 3.63) is 0 Å². The molecule has 12 heavy (non-hydrogen) atoms. The topological polar surface area (TPSA) is 43.4 Å². The second-order valence-corrected chi connectivity index (χ2v) is 7.09. The molecule has 0 amide bonds. The van der Waals surface area contributed by atoms with Crippen LogP contribution in [-0.2, 0) is 13.3 Å². The molecule has 0 aromatic carbocycles. The molecule has 0 N–H and O–H groups in total. The standard InChI is InChI=1S/C7H10O3S2/c1-4-6-5-10-12(8,9)11-7(6,2)3/h1,6H,5H2,2-3H3. The molecule has 0 aromatic rings. The fourth-order valence-electron chi connectivity index (χ4n) is 0.946. The van der Waals surface area contributed by atoms with E-state index in [2.05, 4.69) is 10.1 Å². The molecule has 1 atom stereocenters. The first-order valence-electron chi connectivity index (χ1n) is 3.43. The van der Waals surface area contributed by atoms with E-state index in [9.17, 15) is 8.42 Å². The summed E-state index contributed by atoms with van der Waals surface area (Å²) in [5, 5.41) is 0. The molecule has 1 aliphatic rings. The average molecular weight is 206 g/mol. The minimum Gasteiger partial charge on any atom is -0.260 e. The lowest BCUT2D eigenvalue weighted by Gasteiger charge is -2.32. The normalized spacial score (nSPS) is 32.2. The van der Waals surface area contributed by atoms with Gasteiger partial charge in [0, 0.05) is 15.5 Å². The predicted octanol–water partition coefficient (Wildman–Crippen LogP) is 1.02.